The van der Waals surface area contributed by atoms with Crippen molar-refractivity contribution < 1.29 is 4.79 Å². The summed E-state index contributed by atoms with van der Waals surface area (Å²) in [5.74, 6) is 0.656. The van der Waals surface area contributed by atoms with Gasteiger partial charge in [0, 0.05) is 58.4 Å². The Morgan fingerprint density at radius 1 is 1.10 bits per heavy atom. The van der Waals surface area contributed by atoms with Crippen molar-refractivity contribution in [3.8, 4) is 11.4 Å². The fraction of sp³-hybridized carbons (Fsp3) is 0.217. The van der Waals surface area contributed by atoms with Gasteiger partial charge in [0.25, 0.3) is 5.91 Å². The Bertz CT molecular complexity index is 1250. The molecule has 0 atom stereocenters. The molecule has 8 heteroatoms. The van der Waals surface area contributed by atoms with Gasteiger partial charge in [0.1, 0.15) is 0 Å². The molecule has 7 nitrogen and oxygen atoms in total. The third kappa shape index (κ3) is 3.96. The third-order valence-electron chi connectivity index (χ3n) is 5.29. The predicted octanol–water partition coefficient (Wildman–Crippen LogP) is 4.91. The maximum absolute atomic E-state index is 13.1. The second kappa shape index (κ2) is 8.73. The van der Waals surface area contributed by atoms with Gasteiger partial charge in [-0.25, -0.2) is 4.68 Å². The number of rotatable bonds is 6. The molecule has 3 aromatic carbocycles. The second-order valence-electron chi connectivity index (χ2n) is 7.13. The van der Waals surface area contributed by atoms with E-state index in [9.17, 15) is 4.79 Å². The molecular weight excluding hydrogens is 412 g/mol. The highest BCUT2D eigenvalue weighted by atomic mass is 35.5. The van der Waals surface area contributed by atoms with E-state index < -0.39 is 0 Å². The lowest BCUT2D eigenvalue weighted by Gasteiger charge is -2.21. The van der Waals surface area contributed by atoms with Crippen molar-refractivity contribution in [2.45, 2.75) is 13.8 Å². The zero-order valence-corrected chi connectivity index (χ0v) is 18.4. The van der Waals surface area contributed by atoms with Crippen LogP contribution in [0.1, 0.15) is 24.2 Å². The standard InChI is InChI=1S/C23H23ClN6O/c1-4-30(5-2)23(31)18-12-13-20(17-10-7-11-19(24)21(17)18)25-16-9-6-8-15(14-16)22-26-27-28-29(22)3/h6-14,25H,4-5H2,1-3H3. The Labute approximate surface area is 185 Å². The van der Waals surface area contributed by atoms with E-state index in [-0.39, 0.29) is 5.91 Å². The average Bonchev–Trinajstić information content (AvgIpc) is 3.21. The van der Waals surface area contributed by atoms with Gasteiger partial charge in [0.15, 0.2) is 5.82 Å². The van der Waals surface area contributed by atoms with Crippen molar-refractivity contribution in [3.05, 3.63) is 65.2 Å². The van der Waals surface area contributed by atoms with Crippen LogP contribution in [0.4, 0.5) is 11.4 Å². The van der Waals surface area contributed by atoms with E-state index in [1.165, 1.54) is 0 Å². The van der Waals surface area contributed by atoms with E-state index in [0.29, 0.717) is 29.5 Å². The minimum Gasteiger partial charge on any atom is -0.355 e. The second-order valence-corrected chi connectivity index (χ2v) is 7.54. The van der Waals surface area contributed by atoms with Crippen molar-refractivity contribution in [1.82, 2.24) is 25.1 Å². The molecule has 1 N–H and O–H groups in total. The molecular formula is C23H23ClN6O. The van der Waals surface area contributed by atoms with Gasteiger partial charge < -0.3 is 10.2 Å². The number of nitrogens with one attached hydrogen (secondary N) is 1. The Kier molecular flexibility index (Phi) is 5.86. The zero-order chi connectivity index (χ0) is 22.0. The van der Waals surface area contributed by atoms with E-state index in [2.05, 4.69) is 20.8 Å². The molecule has 4 aromatic rings. The van der Waals surface area contributed by atoms with Crippen LogP contribution in [0.2, 0.25) is 5.02 Å². The maximum atomic E-state index is 13.1. The summed E-state index contributed by atoms with van der Waals surface area (Å²) >= 11 is 6.56. The number of carbonyl (C=O) groups is 1. The molecule has 158 valence electrons. The number of anilines is 2. The van der Waals surface area contributed by atoms with Crippen LogP contribution in [0, 0.1) is 0 Å². The summed E-state index contributed by atoms with van der Waals surface area (Å²) in [6.45, 7) is 5.23. The highest BCUT2D eigenvalue weighted by Gasteiger charge is 2.19. The summed E-state index contributed by atoms with van der Waals surface area (Å²) in [6, 6.07) is 17.3. The zero-order valence-electron chi connectivity index (χ0n) is 17.6. The van der Waals surface area contributed by atoms with Crippen LogP contribution >= 0.6 is 11.6 Å². The normalized spacial score (nSPS) is 11.0. The molecule has 0 aliphatic carbocycles. The Morgan fingerprint density at radius 2 is 1.87 bits per heavy atom. The van der Waals surface area contributed by atoms with E-state index in [0.717, 1.165) is 27.7 Å². The predicted molar refractivity (Wildman–Crippen MR) is 124 cm³/mol. The van der Waals surface area contributed by atoms with E-state index in [1.54, 1.807) is 16.6 Å². The van der Waals surface area contributed by atoms with Gasteiger partial charge in [-0.15, -0.1) is 5.10 Å². The van der Waals surface area contributed by atoms with Crippen LogP contribution in [-0.4, -0.2) is 44.1 Å². The lowest BCUT2D eigenvalue weighted by atomic mass is 10.0. The van der Waals surface area contributed by atoms with Gasteiger partial charge in [-0.1, -0.05) is 35.9 Å². The summed E-state index contributed by atoms with van der Waals surface area (Å²) < 4.78 is 1.63. The summed E-state index contributed by atoms with van der Waals surface area (Å²) in [4.78, 5) is 14.9. The van der Waals surface area contributed by atoms with Crippen molar-refractivity contribution >= 4 is 39.7 Å². The monoisotopic (exact) mass is 434 g/mol. The maximum Gasteiger partial charge on any atom is 0.254 e. The van der Waals surface area contributed by atoms with Crippen molar-refractivity contribution in [2.24, 2.45) is 7.05 Å². The highest BCUT2D eigenvalue weighted by Crippen LogP contribution is 2.35. The fourth-order valence-corrected chi connectivity index (χ4v) is 3.97. The van der Waals surface area contributed by atoms with Crippen LogP contribution in [-0.2, 0) is 7.05 Å². The molecule has 0 aliphatic rings. The molecule has 0 bridgehead atoms. The molecule has 0 saturated carbocycles. The van der Waals surface area contributed by atoms with Gasteiger partial charge >= 0.3 is 0 Å². The lowest BCUT2D eigenvalue weighted by molar-refractivity contribution is 0.0775. The lowest BCUT2D eigenvalue weighted by Crippen LogP contribution is -2.30. The molecule has 0 aliphatic heterocycles. The number of halogens is 1. The van der Waals surface area contributed by atoms with Crippen molar-refractivity contribution in [3.63, 3.8) is 0 Å². The molecule has 0 saturated heterocycles. The van der Waals surface area contributed by atoms with Crippen LogP contribution in [0.25, 0.3) is 22.2 Å². The molecule has 4 rings (SSSR count). The number of amides is 1. The highest BCUT2D eigenvalue weighted by molar-refractivity contribution is 6.37. The number of hydrogen-bond donors (Lipinski definition) is 1. The number of carbonyl (C=O) groups excluding carboxylic acids is 1. The minimum absolute atomic E-state index is 0.0218. The number of hydrogen-bond acceptors (Lipinski definition) is 5. The Morgan fingerprint density at radius 3 is 2.58 bits per heavy atom. The molecule has 0 fully saturated rings. The molecule has 1 aromatic heterocycles. The van der Waals surface area contributed by atoms with Crippen molar-refractivity contribution in [2.75, 3.05) is 18.4 Å². The largest absolute Gasteiger partial charge is 0.355 e. The van der Waals surface area contributed by atoms with Gasteiger partial charge in [0.2, 0.25) is 0 Å². The van der Waals surface area contributed by atoms with Crippen LogP contribution in [0.15, 0.2) is 54.6 Å². The molecule has 0 spiro atoms. The van der Waals surface area contributed by atoms with Crippen LogP contribution in [0.3, 0.4) is 0 Å². The number of tetrazole rings is 1. The SMILES string of the molecule is CCN(CC)C(=O)c1ccc(Nc2cccc(-c3nnnn3C)c2)c2cccc(Cl)c12. The summed E-state index contributed by atoms with van der Waals surface area (Å²) in [5, 5.41) is 17.3. The molecule has 31 heavy (non-hydrogen) atoms. The average molecular weight is 435 g/mol. The Balaban J connectivity index is 1.77. The van der Waals surface area contributed by atoms with Gasteiger partial charge in [0.05, 0.1) is 0 Å². The third-order valence-corrected chi connectivity index (χ3v) is 5.61. The molecule has 0 unspecified atom stereocenters. The quantitative estimate of drug-likeness (QED) is 0.466. The first-order chi connectivity index (χ1) is 15.0. The van der Waals surface area contributed by atoms with Gasteiger partial charge in [-0.05, 0) is 54.6 Å². The number of benzene rings is 3. The summed E-state index contributed by atoms with van der Waals surface area (Å²) in [6.07, 6.45) is 0. The smallest absolute Gasteiger partial charge is 0.254 e. The summed E-state index contributed by atoms with van der Waals surface area (Å²) in [5.41, 5.74) is 3.24. The van der Waals surface area contributed by atoms with Crippen LogP contribution < -0.4 is 5.32 Å². The van der Waals surface area contributed by atoms with Gasteiger partial charge in [-0.3, -0.25) is 4.79 Å². The van der Waals surface area contributed by atoms with E-state index in [1.807, 2.05) is 68.4 Å². The van der Waals surface area contributed by atoms with Gasteiger partial charge in [-0.2, -0.15) is 0 Å². The number of aryl methyl sites for hydroxylation is 1. The minimum atomic E-state index is -0.0218. The topological polar surface area (TPSA) is 75.9 Å². The van der Waals surface area contributed by atoms with E-state index >= 15 is 0 Å². The Hall–Kier alpha value is -3.45. The number of fused-ring (bicyclic) bond motifs is 1. The first-order valence-electron chi connectivity index (χ1n) is 10.1. The number of nitrogens with zero attached hydrogens (tertiary/aromatic N) is 5. The number of aromatic nitrogens is 4. The molecule has 1 amide bonds. The van der Waals surface area contributed by atoms with Crippen LogP contribution in [0.5, 0.6) is 0 Å². The fourth-order valence-electron chi connectivity index (χ4n) is 3.70. The van der Waals surface area contributed by atoms with Crippen molar-refractivity contribution in [1.29, 1.82) is 0 Å². The first kappa shape index (κ1) is 20.8. The molecule has 1 heterocycles. The van der Waals surface area contributed by atoms with E-state index in [4.69, 9.17) is 11.6 Å². The first-order valence-corrected chi connectivity index (χ1v) is 10.5. The molecule has 0 radical (unpaired) electrons. The summed E-state index contributed by atoms with van der Waals surface area (Å²) in [7, 11) is 1.80.